The van der Waals surface area contributed by atoms with Crippen molar-refractivity contribution >= 4 is 26.0 Å². The van der Waals surface area contributed by atoms with E-state index in [1.165, 1.54) is 43.9 Å². The number of benzene rings is 1. The van der Waals surface area contributed by atoms with Gasteiger partial charge in [-0.05, 0) is 68.4 Å². The molecule has 0 spiro atoms. The molecule has 160 valence electrons. The highest BCUT2D eigenvalue weighted by molar-refractivity contribution is 9.09. The number of hydrogen-bond donors (Lipinski definition) is 0. The van der Waals surface area contributed by atoms with E-state index in [-0.39, 0.29) is 4.90 Å². The molecule has 0 saturated heterocycles. The number of aryl methyl sites for hydroxylation is 1. The van der Waals surface area contributed by atoms with Crippen LogP contribution in [0.3, 0.4) is 0 Å². The summed E-state index contributed by atoms with van der Waals surface area (Å²) >= 11 is 3.53. The monoisotopic (exact) mass is 472 g/mol. The second kappa shape index (κ2) is 11.7. The van der Waals surface area contributed by atoms with Crippen molar-refractivity contribution in [3.8, 4) is 0 Å². The van der Waals surface area contributed by atoms with Crippen LogP contribution in [0.5, 0.6) is 0 Å². The van der Waals surface area contributed by atoms with Gasteiger partial charge in [-0.15, -0.1) is 0 Å². The molecule has 0 aromatic heterocycles. The van der Waals surface area contributed by atoms with Gasteiger partial charge in [-0.1, -0.05) is 73.2 Å². The fourth-order valence-electron chi connectivity index (χ4n) is 3.94. The van der Waals surface area contributed by atoms with E-state index in [1.54, 1.807) is 24.3 Å². The lowest BCUT2D eigenvalue weighted by atomic mass is 9.83. The minimum absolute atomic E-state index is 0.252. The summed E-state index contributed by atoms with van der Waals surface area (Å²) < 4.78 is 29.3. The molecule has 2 fully saturated rings. The van der Waals surface area contributed by atoms with E-state index in [1.807, 2.05) is 6.92 Å². The van der Waals surface area contributed by atoms with Crippen LogP contribution in [-0.2, 0) is 14.3 Å². The van der Waals surface area contributed by atoms with Gasteiger partial charge in [0.2, 0.25) is 0 Å². The largest absolute Gasteiger partial charge is 0.296 e. The Morgan fingerprint density at radius 1 is 0.857 bits per heavy atom. The van der Waals surface area contributed by atoms with Gasteiger partial charge in [0.1, 0.15) is 0 Å². The second-order valence-corrected chi connectivity index (χ2v) is 11.2. The van der Waals surface area contributed by atoms with Crippen LogP contribution >= 0.6 is 15.9 Å². The molecule has 2 aliphatic carbocycles. The SMILES string of the molecule is CC1CCC(CBr)CC1.Cc1ccc(S(=O)(=O)OCC2CCC(C)CC2)cc1. The van der Waals surface area contributed by atoms with Crippen LogP contribution in [0.2, 0.25) is 0 Å². The predicted molar refractivity (Wildman–Crippen MR) is 120 cm³/mol. The van der Waals surface area contributed by atoms with Crippen molar-refractivity contribution in [2.24, 2.45) is 23.7 Å². The Bertz CT molecular complexity index is 656. The molecule has 28 heavy (non-hydrogen) atoms. The van der Waals surface area contributed by atoms with Gasteiger partial charge in [-0.25, -0.2) is 0 Å². The topological polar surface area (TPSA) is 43.4 Å². The van der Waals surface area contributed by atoms with Crippen molar-refractivity contribution in [2.75, 3.05) is 11.9 Å². The zero-order chi connectivity index (χ0) is 20.6. The zero-order valence-corrected chi connectivity index (χ0v) is 20.1. The Kier molecular flexibility index (Phi) is 9.99. The normalized spacial score (nSPS) is 28.3. The van der Waals surface area contributed by atoms with Gasteiger partial charge in [0.05, 0.1) is 11.5 Å². The number of halogens is 1. The number of rotatable bonds is 5. The van der Waals surface area contributed by atoms with E-state index in [2.05, 4.69) is 29.8 Å². The van der Waals surface area contributed by atoms with Gasteiger partial charge in [-0.2, -0.15) is 8.42 Å². The summed E-state index contributed by atoms with van der Waals surface area (Å²) in [5.41, 5.74) is 1.04. The highest BCUT2D eigenvalue weighted by atomic mass is 79.9. The minimum atomic E-state index is -3.59. The quantitative estimate of drug-likeness (QED) is 0.352. The molecule has 0 bridgehead atoms. The molecule has 0 atom stereocenters. The van der Waals surface area contributed by atoms with E-state index in [9.17, 15) is 8.42 Å². The molecule has 0 N–H and O–H groups in total. The maximum atomic E-state index is 12.0. The minimum Gasteiger partial charge on any atom is -0.266 e. The summed E-state index contributed by atoms with van der Waals surface area (Å²) in [6, 6.07) is 6.79. The van der Waals surface area contributed by atoms with E-state index in [0.717, 1.165) is 36.2 Å². The molecule has 5 heteroatoms. The van der Waals surface area contributed by atoms with Gasteiger partial charge >= 0.3 is 0 Å². The van der Waals surface area contributed by atoms with Crippen molar-refractivity contribution in [1.82, 2.24) is 0 Å². The number of alkyl halides is 1. The Balaban J connectivity index is 0.000000261. The van der Waals surface area contributed by atoms with Crippen molar-refractivity contribution in [3.05, 3.63) is 29.8 Å². The molecule has 1 aromatic rings. The van der Waals surface area contributed by atoms with Gasteiger partial charge < -0.3 is 0 Å². The van der Waals surface area contributed by atoms with E-state index >= 15 is 0 Å². The summed E-state index contributed by atoms with van der Waals surface area (Å²) in [5.74, 6) is 3.14. The lowest BCUT2D eigenvalue weighted by Gasteiger charge is -2.25. The standard InChI is InChI=1S/C15H22O3S.C8H15Br/c1-12-3-7-14(8-4-12)11-18-19(16,17)15-9-5-13(2)6-10-15;1-7-2-4-8(6-9)5-3-7/h5-6,9-10,12,14H,3-4,7-8,11H2,1-2H3;7-8H,2-6H2,1H3. The molecule has 0 amide bonds. The van der Waals surface area contributed by atoms with Crippen LogP contribution in [0.15, 0.2) is 29.2 Å². The Morgan fingerprint density at radius 2 is 1.32 bits per heavy atom. The van der Waals surface area contributed by atoms with Crippen molar-refractivity contribution < 1.29 is 12.6 Å². The number of hydrogen-bond acceptors (Lipinski definition) is 3. The third-order valence-corrected chi connectivity index (χ3v) is 8.47. The maximum absolute atomic E-state index is 12.0. The molecule has 2 aliphatic rings. The Hall–Kier alpha value is -0.390. The maximum Gasteiger partial charge on any atom is 0.296 e. The van der Waals surface area contributed by atoms with Gasteiger partial charge in [0, 0.05) is 5.33 Å². The molecule has 0 aliphatic heterocycles. The second-order valence-electron chi connectivity index (χ2n) is 8.96. The molecule has 0 unspecified atom stereocenters. The van der Waals surface area contributed by atoms with Crippen LogP contribution in [0.25, 0.3) is 0 Å². The Morgan fingerprint density at radius 3 is 1.79 bits per heavy atom. The molecular formula is C23H37BrO3S. The average Bonchev–Trinajstić information content (AvgIpc) is 2.69. The van der Waals surface area contributed by atoms with Crippen molar-refractivity contribution in [3.63, 3.8) is 0 Å². The molecule has 0 heterocycles. The molecule has 1 aromatic carbocycles. The first-order chi connectivity index (χ1) is 13.3. The van der Waals surface area contributed by atoms with Crippen LogP contribution in [0.4, 0.5) is 0 Å². The summed E-state index contributed by atoms with van der Waals surface area (Å²) in [7, 11) is -3.59. The van der Waals surface area contributed by atoms with E-state index < -0.39 is 10.1 Å². The van der Waals surface area contributed by atoms with Crippen LogP contribution in [0.1, 0.15) is 70.8 Å². The van der Waals surface area contributed by atoms with Crippen LogP contribution in [-0.4, -0.2) is 20.4 Å². The Labute approximate surface area is 180 Å². The average molecular weight is 474 g/mol. The third kappa shape index (κ3) is 8.16. The highest BCUT2D eigenvalue weighted by Gasteiger charge is 2.22. The van der Waals surface area contributed by atoms with Crippen molar-refractivity contribution in [2.45, 2.75) is 77.0 Å². The first-order valence-electron chi connectivity index (χ1n) is 10.8. The van der Waals surface area contributed by atoms with Crippen LogP contribution in [0, 0.1) is 30.6 Å². The first kappa shape index (κ1) is 23.9. The summed E-state index contributed by atoms with van der Waals surface area (Å²) in [6.07, 6.45) is 10.3. The van der Waals surface area contributed by atoms with Gasteiger partial charge in [0.25, 0.3) is 10.1 Å². The molecular weight excluding hydrogens is 436 g/mol. The smallest absolute Gasteiger partial charge is 0.266 e. The highest BCUT2D eigenvalue weighted by Crippen LogP contribution is 2.30. The fraction of sp³-hybridized carbons (Fsp3) is 0.739. The molecule has 3 nitrogen and oxygen atoms in total. The van der Waals surface area contributed by atoms with E-state index in [0.29, 0.717) is 12.5 Å². The van der Waals surface area contributed by atoms with Crippen molar-refractivity contribution in [1.29, 1.82) is 0 Å². The first-order valence-corrected chi connectivity index (χ1v) is 13.3. The van der Waals surface area contributed by atoms with Gasteiger partial charge in [0.15, 0.2) is 0 Å². The van der Waals surface area contributed by atoms with Crippen LogP contribution < -0.4 is 0 Å². The third-order valence-electron chi connectivity index (χ3n) is 6.26. The molecule has 2 saturated carbocycles. The predicted octanol–water partition coefficient (Wildman–Crippen LogP) is 6.73. The fourth-order valence-corrected chi connectivity index (χ4v) is 5.56. The summed E-state index contributed by atoms with van der Waals surface area (Å²) in [5, 5.41) is 1.22. The lowest BCUT2D eigenvalue weighted by Crippen LogP contribution is -2.19. The molecule has 0 radical (unpaired) electrons. The molecule has 3 rings (SSSR count). The summed E-state index contributed by atoms with van der Waals surface area (Å²) in [6.45, 7) is 6.87. The summed E-state index contributed by atoms with van der Waals surface area (Å²) in [4.78, 5) is 0.252. The van der Waals surface area contributed by atoms with Gasteiger partial charge in [-0.3, -0.25) is 4.18 Å². The zero-order valence-electron chi connectivity index (χ0n) is 17.7. The lowest BCUT2D eigenvalue weighted by molar-refractivity contribution is 0.192. The van der Waals surface area contributed by atoms with E-state index in [4.69, 9.17) is 4.18 Å².